The summed E-state index contributed by atoms with van der Waals surface area (Å²) < 4.78 is 25.7. The highest BCUT2D eigenvalue weighted by Gasteiger charge is 2.30. The summed E-state index contributed by atoms with van der Waals surface area (Å²) in [6.07, 6.45) is 1.91. The Bertz CT molecular complexity index is 1300. The van der Waals surface area contributed by atoms with Gasteiger partial charge in [-0.3, -0.25) is 14.2 Å². The van der Waals surface area contributed by atoms with Gasteiger partial charge in [0, 0.05) is 13.7 Å². The minimum atomic E-state index is -0.569. The maximum Gasteiger partial charge on any atom is 0.290 e. The Labute approximate surface area is 190 Å². The van der Waals surface area contributed by atoms with Crippen LogP contribution in [-0.4, -0.2) is 40.6 Å². The van der Waals surface area contributed by atoms with E-state index < -0.39 is 11.9 Å². The Morgan fingerprint density at radius 1 is 1.15 bits per heavy atom. The molecule has 0 saturated heterocycles. The molecule has 7 nitrogen and oxygen atoms in total. The normalized spacial score (nSPS) is 12.1. The van der Waals surface area contributed by atoms with Crippen LogP contribution in [0.25, 0.3) is 16.6 Å². The number of carbonyl (C=O) groups excluding carboxylic acids is 1. The van der Waals surface area contributed by atoms with E-state index in [1.54, 1.807) is 48.4 Å². The molecule has 0 aliphatic carbocycles. The fourth-order valence-electron chi connectivity index (χ4n) is 3.89. The third kappa shape index (κ3) is 4.42. The lowest BCUT2D eigenvalue weighted by Crippen LogP contribution is -2.40. The van der Waals surface area contributed by atoms with Gasteiger partial charge in [-0.25, -0.2) is 9.37 Å². The maximum absolute atomic E-state index is 13.6. The van der Waals surface area contributed by atoms with Crippen LogP contribution in [0.4, 0.5) is 4.39 Å². The Hall–Kier alpha value is -3.78. The van der Waals surface area contributed by atoms with Crippen LogP contribution in [0.1, 0.15) is 35.8 Å². The molecule has 2 aromatic carbocycles. The number of amides is 1. The number of para-hydroxylation sites is 1. The second-order valence-electron chi connectivity index (χ2n) is 7.50. The molecule has 1 amide bonds. The van der Waals surface area contributed by atoms with Crippen LogP contribution in [0.3, 0.4) is 0 Å². The number of furan rings is 1. The molecule has 8 heteroatoms. The van der Waals surface area contributed by atoms with E-state index in [0.717, 1.165) is 0 Å². The van der Waals surface area contributed by atoms with Gasteiger partial charge in [0.1, 0.15) is 11.6 Å². The monoisotopic (exact) mass is 449 g/mol. The second kappa shape index (κ2) is 9.79. The van der Waals surface area contributed by atoms with Crippen molar-refractivity contribution >= 4 is 16.8 Å². The van der Waals surface area contributed by atoms with Crippen molar-refractivity contribution in [2.45, 2.75) is 19.4 Å². The molecule has 4 rings (SSSR count). The molecule has 0 saturated carbocycles. The number of aromatic nitrogens is 2. The molecule has 0 aliphatic rings. The molecule has 1 atom stereocenters. The first-order valence-corrected chi connectivity index (χ1v) is 10.7. The average molecular weight is 449 g/mol. The molecular formula is C25H24FN3O4. The molecule has 0 N–H and O–H groups in total. The van der Waals surface area contributed by atoms with Crippen molar-refractivity contribution in [3.05, 3.63) is 94.7 Å². The fourth-order valence-corrected chi connectivity index (χ4v) is 3.89. The Morgan fingerprint density at radius 2 is 1.91 bits per heavy atom. The lowest BCUT2D eigenvalue weighted by atomic mass is 10.1. The summed E-state index contributed by atoms with van der Waals surface area (Å²) in [6.45, 7) is 2.47. The van der Waals surface area contributed by atoms with E-state index in [1.807, 2.05) is 6.92 Å². The highest BCUT2D eigenvalue weighted by Crippen LogP contribution is 2.27. The largest absolute Gasteiger partial charge is 0.459 e. The smallest absolute Gasteiger partial charge is 0.290 e. The average Bonchev–Trinajstić information content (AvgIpc) is 3.37. The molecule has 0 fully saturated rings. The first kappa shape index (κ1) is 22.4. The van der Waals surface area contributed by atoms with Crippen LogP contribution in [-0.2, 0) is 4.74 Å². The number of hydrogen-bond acceptors (Lipinski definition) is 5. The number of fused-ring (bicyclic) bond motifs is 1. The number of hydrogen-bond donors (Lipinski definition) is 0. The zero-order valence-corrected chi connectivity index (χ0v) is 18.4. The van der Waals surface area contributed by atoms with Gasteiger partial charge in [0.05, 0.1) is 35.5 Å². The van der Waals surface area contributed by atoms with E-state index in [9.17, 15) is 14.0 Å². The summed E-state index contributed by atoms with van der Waals surface area (Å²) in [5, 5.41) is 0.432. The van der Waals surface area contributed by atoms with Gasteiger partial charge < -0.3 is 14.1 Å². The molecule has 1 unspecified atom stereocenters. The summed E-state index contributed by atoms with van der Waals surface area (Å²) in [6, 6.07) is 15.3. The van der Waals surface area contributed by atoms with E-state index in [1.165, 1.54) is 35.1 Å². The lowest BCUT2D eigenvalue weighted by Gasteiger charge is -2.31. The van der Waals surface area contributed by atoms with Crippen LogP contribution in [0.2, 0.25) is 0 Å². The molecule has 170 valence electrons. The summed E-state index contributed by atoms with van der Waals surface area (Å²) >= 11 is 0. The van der Waals surface area contributed by atoms with Gasteiger partial charge in [-0.15, -0.1) is 0 Å². The molecular weight excluding hydrogens is 425 g/mol. The van der Waals surface area contributed by atoms with Crippen LogP contribution in [0.5, 0.6) is 0 Å². The topological polar surface area (TPSA) is 77.6 Å². The van der Waals surface area contributed by atoms with Crippen LogP contribution < -0.4 is 5.56 Å². The van der Waals surface area contributed by atoms with E-state index in [2.05, 4.69) is 0 Å². The minimum Gasteiger partial charge on any atom is -0.459 e. The molecule has 2 aromatic heterocycles. The summed E-state index contributed by atoms with van der Waals surface area (Å²) in [5.41, 5.74) is 0.689. The Kier molecular flexibility index (Phi) is 6.65. The second-order valence-corrected chi connectivity index (χ2v) is 7.50. The number of benzene rings is 2. The fraction of sp³-hybridized carbons (Fsp3) is 0.240. The van der Waals surface area contributed by atoms with Gasteiger partial charge in [0.15, 0.2) is 5.76 Å². The van der Waals surface area contributed by atoms with Gasteiger partial charge in [0.2, 0.25) is 0 Å². The van der Waals surface area contributed by atoms with E-state index in [0.29, 0.717) is 28.8 Å². The Balaban J connectivity index is 1.94. The van der Waals surface area contributed by atoms with Crippen molar-refractivity contribution in [3.8, 4) is 5.69 Å². The predicted molar refractivity (Wildman–Crippen MR) is 122 cm³/mol. The van der Waals surface area contributed by atoms with Gasteiger partial charge in [0.25, 0.3) is 11.5 Å². The molecule has 4 aromatic rings. The molecule has 33 heavy (non-hydrogen) atoms. The molecule has 0 spiro atoms. The molecule has 0 bridgehead atoms. The third-order valence-electron chi connectivity index (χ3n) is 5.48. The number of ether oxygens (including phenoxy) is 1. The highest BCUT2D eigenvalue weighted by molar-refractivity contribution is 5.91. The third-order valence-corrected chi connectivity index (χ3v) is 5.48. The van der Waals surface area contributed by atoms with Crippen LogP contribution in [0.15, 0.2) is 76.1 Å². The van der Waals surface area contributed by atoms with Crippen molar-refractivity contribution in [2.24, 2.45) is 0 Å². The minimum absolute atomic E-state index is 0.182. The van der Waals surface area contributed by atoms with Crippen molar-refractivity contribution in [1.29, 1.82) is 0 Å². The van der Waals surface area contributed by atoms with Crippen LogP contribution in [0, 0.1) is 5.82 Å². The van der Waals surface area contributed by atoms with Crippen molar-refractivity contribution in [1.82, 2.24) is 14.5 Å². The van der Waals surface area contributed by atoms with Gasteiger partial charge in [-0.05, 0) is 55.0 Å². The van der Waals surface area contributed by atoms with E-state index >= 15 is 0 Å². The zero-order valence-electron chi connectivity index (χ0n) is 18.4. The maximum atomic E-state index is 13.6. The van der Waals surface area contributed by atoms with Gasteiger partial charge >= 0.3 is 0 Å². The first-order chi connectivity index (χ1) is 16.0. The number of nitrogens with zero attached hydrogens (tertiary/aromatic N) is 3. The lowest BCUT2D eigenvalue weighted by molar-refractivity contribution is 0.0548. The Morgan fingerprint density at radius 3 is 2.58 bits per heavy atom. The van der Waals surface area contributed by atoms with Crippen molar-refractivity contribution < 1.29 is 18.3 Å². The van der Waals surface area contributed by atoms with Crippen molar-refractivity contribution in [3.63, 3.8) is 0 Å². The SMILES string of the molecule is CCC(c1nc2ccccc2c(=O)n1-c1ccc(F)cc1)N(CCOC)C(=O)c1ccco1. The quantitative estimate of drug-likeness (QED) is 0.400. The number of methoxy groups -OCH3 is 1. The van der Waals surface area contributed by atoms with E-state index in [4.69, 9.17) is 14.1 Å². The first-order valence-electron chi connectivity index (χ1n) is 10.7. The summed E-state index contributed by atoms with van der Waals surface area (Å²) in [5.74, 6) is -0.189. The summed E-state index contributed by atoms with van der Waals surface area (Å²) in [7, 11) is 1.55. The standard InChI is InChI=1S/C25H24FN3O4/c1-3-21(28(14-16-32-2)25(31)22-9-6-15-33-22)23-27-20-8-5-4-7-19(20)24(30)29(23)18-12-10-17(26)11-13-18/h4-13,15,21H,3,14,16H2,1-2H3. The molecule has 2 heterocycles. The van der Waals surface area contributed by atoms with Gasteiger partial charge in [-0.1, -0.05) is 19.1 Å². The van der Waals surface area contributed by atoms with E-state index in [-0.39, 0.29) is 30.4 Å². The zero-order chi connectivity index (χ0) is 23.4. The number of rotatable bonds is 8. The molecule has 0 aliphatic heterocycles. The highest BCUT2D eigenvalue weighted by atomic mass is 19.1. The predicted octanol–water partition coefficient (Wildman–Crippen LogP) is 4.36. The summed E-state index contributed by atoms with van der Waals surface area (Å²) in [4.78, 5) is 33.3. The van der Waals surface area contributed by atoms with Crippen LogP contribution >= 0.6 is 0 Å². The number of halogens is 1. The molecule has 0 radical (unpaired) electrons. The van der Waals surface area contributed by atoms with Gasteiger partial charge in [-0.2, -0.15) is 0 Å². The number of carbonyl (C=O) groups is 1. The van der Waals surface area contributed by atoms with Crippen molar-refractivity contribution in [2.75, 3.05) is 20.3 Å².